The number of amides is 2. The molecular formula is C16H9ClN2O5. The van der Waals surface area contributed by atoms with Crippen molar-refractivity contribution in [2.75, 3.05) is 11.4 Å². The zero-order chi connectivity index (χ0) is 17.4. The van der Waals surface area contributed by atoms with E-state index in [0.717, 1.165) is 4.90 Å². The number of hydrogen-bond donors (Lipinski definition) is 0. The van der Waals surface area contributed by atoms with Gasteiger partial charge in [-0.25, -0.2) is 4.90 Å². The number of anilines is 1. The monoisotopic (exact) mass is 344 g/mol. The van der Waals surface area contributed by atoms with E-state index in [4.69, 9.17) is 11.6 Å². The Labute approximate surface area is 140 Å². The Morgan fingerprint density at radius 1 is 1.08 bits per heavy atom. The van der Waals surface area contributed by atoms with Crippen molar-refractivity contribution in [2.45, 2.75) is 0 Å². The Kier molecular flexibility index (Phi) is 3.86. The van der Waals surface area contributed by atoms with Crippen LogP contribution in [0.3, 0.4) is 0 Å². The molecule has 0 spiro atoms. The Bertz CT molecular complexity index is 874. The first kappa shape index (κ1) is 15.8. The second kappa shape index (κ2) is 5.86. The molecule has 1 aliphatic rings. The first-order chi connectivity index (χ1) is 11.4. The van der Waals surface area contributed by atoms with Crippen molar-refractivity contribution < 1.29 is 19.3 Å². The van der Waals surface area contributed by atoms with E-state index in [1.54, 1.807) is 24.3 Å². The summed E-state index contributed by atoms with van der Waals surface area (Å²) in [5, 5.41) is 10.4. The van der Waals surface area contributed by atoms with Gasteiger partial charge in [-0.05, 0) is 30.3 Å². The van der Waals surface area contributed by atoms with Crippen LogP contribution in [0.5, 0.6) is 0 Å². The molecule has 0 saturated heterocycles. The molecule has 0 aliphatic carbocycles. The fourth-order valence-electron chi connectivity index (χ4n) is 2.50. The fourth-order valence-corrected chi connectivity index (χ4v) is 2.78. The molecule has 0 N–H and O–H groups in total. The number of nitrogens with zero attached hydrogens (tertiary/aromatic N) is 2. The summed E-state index contributed by atoms with van der Waals surface area (Å²) in [4.78, 5) is 47.1. The van der Waals surface area contributed by atoms with Gasteiger partial charge in [0, 0.05) is 10.5 Å². The van der Waals surface area contributed by atoms with Gasteiger partial charge in [0.25, 0.3) is 18.4 Å². The van der Waals surface area contributed by atoms with Crippen molar-refractivity contribution in [1.29, 1.82) is 0 Å². The number of Topliss-reactive ketones (excluding diaryl/α,β-unsaturated/α-hetero) is 1. The van der Waals surface area contributed by atoms with Gasteiger partial charge in [0.15, 0.2) is 0 Å². The van der Waals surface area contributed by atoms with Crippen LogP contribution in [0.15, 0.2) is 42.5 Å². The normalized spacial score (nSPS) is 13.1. The van der Waals surface area contributed by atoms with Gasteiger partial charge in [-0.3, -0.25) is 24.5 Å². The molecule has 0 atom stereocenters. The Morgan fingerprint density at radius 3 is 2.17 bits per heavy atom. The topological polar surface area (TPSA) is 97.6 Å². The Hall–Kier alpha value is -3.06. The first-order valence-electron chi connectivity index (χ1n) is 6.82. The Balaban J connectivity index is 1.96. The predicted molar refractivity (Wildman–Crippen MR) is 85.2 cm³/mol. The lowest BCUT2D eigenvalue weighted by Crippen LogP contribution is -2.29. The molecule has 8 heteroatoms. The molecule has 7 nitrogen and oxygen atoms in total. The number of rotatable bonds is 4. The van der Waals surface area contributed by atoms with E-state index in [9.17, 15) is 24.5 Å². The standard InChI is InChI=1S/C16H9ClN2O5/c17-13-7-9(5-6-12(13)14(20)8-18(23)24)19-15(21)10-3-1-2-4-11(10)16(19)22/h1-7H,8H2. The molecule has 0 radical (unpaired) electrons. The summed E-state index contributed by atoms with van der Waals surface area (Å²) in [6.45, 7) is -0.883. The molecule has 0 unspecified atom stereocenters. The molecule has 3 rings (SSSR count). The van der Waals surface area contributed by atoms with Gasteiger partial charge in [0.2, 0.25) is 5.78 Å². The van der Waals surface area contributed by atoms with E-state index in [1.165, 1.54) is 18.2 Å². The summed E-state index contributed by atoms with van der Waals surface area (Å²) in [5.74, 6) is -1.73. The van der Waals surface area contributed by atoms with Crippen LogP contribution in [-0.4, -0.2) is 29.1 Å². The van der Waals surface area contributed by atoms with Crippen molar-refractivity contribution in [3.8, 4) is 0 Å². The van der Waals surface area contributed by atoms with E-state index in [-0.39, 0.29) is 27.4 Å². The minimum Gasteiger partial charge on any atom is -0.287 e. The highest BCUT2D eigenvalue weighted by Crippen LogP contribution is 2.31. The maximum Gasteiger partial charge on any atom is 0.266 e. The van der Waals surface area contributed by atoms with E-state index in [0.29, 0.717) is 0 Å². The van der Waals surface area contributed by atoms with Gasteiger partial charge in [-0.15, -0.1) is 0 Å². The SMILES string of the molecule is O=C(C[N+](=O)[O-])c1ccc(N2C(=O)c3ccccc3C2=O)cc1Cl. The highest BCUT2D eigenvalue weighted by molar-refractivity contribution is 6.36. The minimum atomic E-state index is -0.883. The molecule has 1 aliphatic heterocycles. The van der Waals surface area contributed by atoms with Gasteiger partial charge in [-0.1, -0.05) is 23.7 Å². The highest BCUT2D eigenvalue weighted by Gasteiger charge is 2.36. The zero-order valence-electron chi connectivity index (χ0n) is 12.1. The minimum absolute atomic E-state index is 0.0336. The highest BCUT2D eigenvalue weighted by atomic mass is 35.5. The summed E-state index contributed by atoms with van der Waals surface area (Å²) >= 11 is 6.00. The van der Waals surface area contributed by atoms with Gasteiger partial charge < -0.3 is 0 Å². The number of hydrogen-bond acceptors (Lipinski definition) is 5. The molecule has 2 aromatic rings. The first-order valence-corrected chi connectivity index (χ1v) is 7.20. The van der Waals surface area contributed by atoms with Crippen LogP contribution in [0.2, 0.25) is 5.02 Å². The summed E-state index contributed by atoms with van der Waals surface area (Å²) in [7, 11) is 0. The molecule has 0 bridgehead atoms. The molecule has 0 saturated carbocycles. The van der Waals surface area contributed by atoms with Crippen LogP contribution in [-0.2, 0) is 0 Å². The molecule has 0 aromatic heterocycles. The largest absolute Gasteiger partial charge is 0.287 e. The van der Waals surface area contributed by atoms with E-state index >= 15 is 0 Å². The van der Waals surface area contributed by atoms with Crippen molar-refractivity contribution >= 4 is 34.9 Å². The summed E-state index contributed by atoms with van der Waals surface area (Å²) in [6, 6.07) is 10.3. The van der Waals surface area contributed by atoms with Crippen molar-refractivity contribution in [2.24, 2.45) is 0 Å². The summed E-state index contributed by atoms with van der Waals surface area (Å²) in [5.41, 5.74) is 0.733. The molecule has 120 valence electrons. The average Bonchev–Trinajstić information content (AvgIpc) is 2.78. The van der Waals surface area contributed by atoms with Crippen LogP contribution < -0.4 is 4.90 Å². The third kappa shape index (κ3) is 2.55. The number of ketones is 1. The second-order valence-corrected chi connectivity index (χ2v) is 5.48. The number of nitro groups is 1. The number of carbonyl (C=O) groups is 3. The molecule has 2 aromatic carbocycles. The van der Waals surface area contributed by atoms with Crippen LogP contribution in [0.4, 0.5) is 5.69 Å². The van der Waals surface area contributed by atoms with Crippen LogP contribution in [0.1, 0.15) is 31.1 Å². The maximum atomic E-state index is 12.4. The number of carbonyl (C=O) groups excluding carboxylic acids is 3. The number of halogens is 1. The number of benzene rings is 2. The third-order valence-corrected chi connectivity index (χ3v) is 3.89. The Morgan fingerprint density at radius 2 is 1.67 bits per heavy atom. The third-order valence-electron chi connectivity index (χ3n) is 3.58. The van der Waals surface area contributed by atoms with Crippen LogP contribution in [0.25, 0.3) is 0 Å². The van der Waals surface area contributed by atoms with Gasteiger partial charge in [0.1, 0.15) is 0 Å². The maximum absolute atomic E-state index is 12.4. The lowest BCUT2D eigenvalue weighted by molar-refractivity contribution is -0.465. The van der Waals surface area contributed by atoms with Crippen LogP contribution in [0, 0.1) is 10.1 Å². The van der Waals surface area contributed by atoms with E-state index in [2.05, 4.69) is 0 Å². The lowest BCUT2D eigenvalue weighted by atomic mass is 10.1. The van der Waals surface area contributed by atoms with Gasteiger partial charge in [0.05, 0.1) is 21.8 Å². The second-order valence-electron chi connectivity index (χ2n) is 5.07. The number of fused-ring (bicyclic) bond motifs is 1. The summed E-state index contributed by atoms with van der Waals surface area (Å²) in [6.07, 6.45) is 0. The molecule has 1 heterocycles. The zero-order valence-corrected chi connectivity index (χ0v) is 12.8. The van der Waals surface area contributed by atoms with Crippen LogP contribution >= 0.6 is 11.6 Å². The molecule has 2 amide bonds. The van der Waals surface area contributed by atoms with Gasteiger partial charge in [-0.2, -0.15) is 0 Å². The van der Waals surface area contributed by atoms with E-state index in [1.807, 2.05) is 0 Å². The van der Waals surface area contributed by atoms with Gasteiger partial charge >= 0.3 is 0 Å². The fraction of sp³-hybridized carbons (Fsp3) is 0.0625. The van der Waals surface area contributed by atoms with E-state index < -0.39 is 29.1 Å². The van der Waals surface area contributed by atoms with Crippen molar-refractivity contribution in [3.05, 3.63) is 74.3 Å². The molecule has 24 heavy (non-hydrogen) atoms. The quantitative estimate of drug-likeness (QED) is 0.367. The summed E-state index contributed by atoms with van der Waals surface area (Å²) < 4.78 is 0. The lowest BCUT2D eigenvalue weighted by Gasteiger charge is -2.15. The number of imide groups is 1. The average molecular weight is 345 g/mol. The predicted octanol–water partition coefficient (Wildman–Crippen LogP) is 2.60. The molecule has 0 fully saturated rings. The van der Waals surface area contributed by atoms with Crippen molar-refractivity contribution in [1.82, 2.24) is 0 Å². The smallest absolute Gasteiger partial charge is 0.266 e. The van der Waals surface area contributed by atoms with Crippen molar-refractivity contribution in [3.63, 3.8) is 0 Å². The molecular weight excluding hydrogens is 336 g/mol.